The molecule has 5 nitrogen and oxygen atoms in total. The SMILES string of the molecule is CC=CCC(NC(=O)OCc1ccccc1)C(=O)OC(C)(C)C. The molecule has 1 aromatic rings. The molecule has 0 fully saturated rings. The van der Waals surface area contributed by atoms with Crippen LogP contribution >= 0.6 is 0 Å². The van der Waals surface area contributed by atoms with Crippen LogP contribution in [0.4, 0.5) is 4.79 Å². The van der Waals surface area contributed by atoms with Gasteiger partial charge in [-0.15, -0.1) is 0 Å². The molecule has 0 bridgehead atoms. The lowest BCUT2D eigenvalue weighted by molar-refractivity contribution is -0.157. The van der Waals surface area contributed by atoms with Gasteiger partial charge in [-0.3, -0.25) is 0 Å². The Morgan fingerprint density at radius 2 is 1.87 bits per heavy atom. The molecule has 0 radical (unpaired) electrons. The number of hydrogen-bond acceptors (Lipinski definition) is 4. The molecule has 0 aliphatic rings. The molecular weight excluding hydrogens is 294 g/mol. The highest BCUT2D eigenvalue weighted by atomic mass is 16.6. The van der Waals surface area contributed by atoms with Gasteiger partial charge in [0.2, 0.25) is 0 Å². The van der Waals surface area contributed by atoms with Crippen LogP contribution in [0.2, 0.25) is 0 Å². The molecule has 0 aliphatic heterocycles. The number of amides is 1. The molecule has 0 saturated carbocycles. The molecule has 5 heteroatoms. The fourth-order valence-electron chi connectivity index (χ4n) is 1.77. The molecule has 126 valence electrons. The van der Waals surface area contributed by atoms with E-state index in [9.17, 15) is 9.59 Å². The van der Waals surface area contributed by atoms with Crippen molar-refractivity contribution in [2.45, 2.75) is 52.4 Å². The van der Waals surface area contributed by atoms with Crippen LogP contribution in [0.25, 0.3) is 0 Å². The van der Waals surface area contributed by atoms with Crippen LogP contribution in [0.1, 0.15) is 39.7 Å². The number of nitrogens with one attached hydrogen (secondary N) is 1. The molecule has 23 heavy (non-hydrogen) atoms. The number of ether oxygens (including phenoxy) is 2. The highest BCUT2D eigenvalue weighted by Gasteiger charge is 2.26. The zero-order chi connectivity index (χ0) is 17.3. The molecule has 1 aromatic carbocycles. The maximum atomic E-state index is 12.1. The van der Waals surface area contributed by atoms with Gasteiger partial charge >= 0.3 is 12.1 Å². The molecular formula is C18H25NO4. The number of esters is 1. The van der Waals surface area contributed by atoms with E-state index < -0.39 is 23.7 Å². The van der Waals surface area contributed by atoms with E-state index in [0.29, 0.717) is 6.42 Å². The number of alkyl carbamates (subject to hydrolysis) is 1. The van der Waals surface area contributed by atoms with Gasteiger partial charge < -0.3 is 14.8 Å². The van der Waals surface area contributed by atoms with Gasteiger partial charge in [0.15, 0.2) is 0 Å². The van der Waals surface area contributed by atoms with E-state index in [-0.39, 0.29) is 6.61 Å². The van der Waals surface area contributed by atoms with Crippen LogP contribution < -0.4 is 5.32 Å². The quantitative estimate of drug-likeness (QED) is 0.643. The predicted molar refractivity (Wildman–Crippen MR) is 88.8 cm³/mol. The van der Waals surface area contributed by atoms with Crippen molar-refractivity contribution in [2.24, 2.45) is 0 Å². The number of benzene rings is 1. The van der Waals surface area contributed by atoms with Gasteiger partial charge in [0, 0.05) is 0 Å². The van der Waals surface area contributed by atoms with E-state index in [1.165, 1.54) is 0 Å². The van der Waals surface area contributed by atoms with E-state index in [2.05, 4.69) is 5.32 Å². The Kier molecular flexibility index (Phi) is 7.32. The molecule has 0 aliphatic carbocycles. The first-order valence-electron chi connectivity index (χ1n) is 7.63. The minimum absolute atomic E-state index is 0.150. The minimum atomic E-state index is -0.770. The van der Waals surface area contributed by atoms with E-state index >= 15 is 0 Å². The number of carbonyl (C=O) groups is 2. The summed E-state index contributed by atoms with van der Waals surface area (Å²) in [5.41, 5.74) is 0.269. The van der Waals surface area contributed by atoms with Crippen LogP contribution in [0, 0.1) is 0 Å². The number of rotatable bonds is 6. The highest BCUT2D eigenvalue weighted by molar-refractivity contribution is 5.81. The lowest BCUT2D eigenvalue weighted by Crippen LogP contribution is -2.44. The van der Waals surface area contributed by atoms with Gasteiger partial charge in [0.1, 0.15) is 18.2 Å². The fraction of sp³-hybridized carbons (Fsp3) is 0.444. The molecule has 1 N–H and O–H groups in total. The highest BCUT2D eigenvalue weighted by Crippen LogP contribution is 2.10. The second kappa shape index (κ2) is 8.98. The van der Waals surface area contributed by atoms with Gasteiger partial charge in [-0.1, -0.05) is 42.5 Å². The first kappa shape index (κ1) is 18.7. The van der Waals surface area contributed by atoms with Gasteiger partial charge in [-0.2, -0.15) is 0 Å². The summed E-state index contributed by atoms with van der Waals surface area (Å²) in [6.07, 6.45) is 3.32. The topological polar surface area (TPSA) is 64.6 Å². The van der Waals surface area contributed by atoms with E-state index in [4.69, 9.17) is 9.47 Å². The molecule has 0 aromatic heterocycles. The first-order chi connectivity index (χ1) is 10.8. The Morgan fingerprint density at radius 1 is 1.22 bits per heavy atom. The van der Waals surface area contributed by atoms with Crippen LogP contribution in [0.5, 0.6) is 0 Å². The zero-order valence-corrected chi connectivity index (χ0v) is 14.2. The van der Waals surface area contributed by atoms with E-state index in [1.54, 1.807) is 26.8 Å². The summed E-state index contributed by atoms with van der Waals surface area (Å²) in [7, 11) is 0. The average molecular weight is 319 g/mol. The van der Waals surface area contributed by atoms with E-state index in [0.717, 1.165) is 5.56 Å². The average Bonchev–Trinajstić information content (AvgIpc) is 2.48. The fourth-order valence-corrected chi connectivity index (χ4v) is 1.77. The van der Waals surface area contributed by atoms with Crippen molar-refractivity contribution in [1.29, 1.82) is 0 Å². The molecule has 1 unspecified atom stereocenters. The van der Waals surface area contributed by atoms with E-state index in [1.807, 2.05) is 43.3 Å². The van der Waals surface area contributed by atoms with Crippen molar-refractivity contribution in [1.82, 2.24) is 5.32 Å². The maximum absolute atomic E-state index is 12.1. The Morgan fingerprint density at radius 3 is 2.43 bits per heavy atom. The van der Waals surface area contributed by atoms with Crippen molar-refractivity contribution in [3.05, 3.63) is 48.0 Å². The Balaban J connectivity index is 2.58. The third kappa shape index (κ3) is 8.04. The molecule has 0 heterocycles. The zero-order valence-electron chi connectivity index (χ0n) is 14.2. The Bertz CT molecular complexity index is 532. The number of hydrogen-bond donors (Lipinski definition) is 1. The Labute approximate surface area is 137 Å². The van der Waals surface area contributed by atoms with Crippen molar-refractivity contribution in [3.63, 3.8) is 0 Å². The molecule has 1 rings (SSSR count). The predicted octanol–water partition coefficient (Wildman–Crippen LogP) is 3.59. The standard InChI is InChI=1S/C18H25NO4/c1-5-6-12-15(16(20)23-18(2,3)4)19-17(21)22-13-14-10-8-7-9-11-14/h5-11,15H,12-13H2,1-4H3,(H,19,21). The van der Waals surface area contributed by atoms with Gasteiger partial charge in [-0.25, -0.2) is 9.59 Å². The third-order valence-corrected chi connectivity index (χ3v) is 2.80. The van der Waals surface area contributed by atoms with Crippen molar-refractivity contribution >= 4 is 12.1 Å². The lowest BCUT2D eigenvalue weighted by Gasteiger charge is -2.23. The Hall–Kier alpha value is -2.30. The summed E-state index contributed by atoms with van der Waals surface area (Å²) in [5.74, 6) is -0.479. The normalized spacial score (nSPS) is 12.7. The summed E-state index contributed by atoms with van der Waals surface area (Å²) in [6.45, 7) is 7.35. The van der Waals surface area contributed by atoms with Crippen molar-refractivity contribution in [3.8, 4) is 0 Å². The summed E-state index contributed by atoms with van der Waals surface area (Å²) >= 11 is 0. The smallest absolute Gasteiger partial charge is 0.408 e. The third-order valence-electron chi connectivity index (χ3n) is 2.80. The summed E-state index contributed by atoms with van der Waals surface area (Å²) in [4.78, 5) is 24.0. The summed E-state index contributed by atoms with van der Waals surface area (Å²) in [6, 6.07) is 8.57. The second-order valence-corrected chi connectivity index (χ2v) is 6.10. The lowest BCUT2D eigenvalue weighted by atomic mass is 10.1. The van der Waals surface area contributed by atoms with Crippen LogP contribution in [0.15, 0.2) is 42.5 Å². The van der Waals surface area contributed by atoms with Gasteiger partial charge in [0.25, 0.3) is 0 Å². The first-order valence-corrected chi connectivity index (χ1v) is 7.63. The number of carbonyl (C=O) groups excluding carboxylic acids is 2. The minimum Gasteiger partial charge on any atom is -0.458 e. The molecule has 1 atom stereocenters. The molecule has 1 amide bonds. The van der Waals surface area contributed by atoms with Gasteiger partial charge in [-0.05, 0) is 39.7 Å². The second-order valence-electron chi connectivity index (χ2n) is 6.10. The van der Waals surface area contributed by atoms with Crippen LogP contribution in [0.3, 0.4) is 0 Å². The molecule has 0 spiro atoms. The number of allylic oxidation sites excluding steroid dienone is 1. The maximum Gasteiger partial charge on any atom is 0.408 e. The van der Waals surface area contributed by atoms with Gasteiger partial charge in [0.05, 0.1) is 0 Å². The largest absolute Gasteiger partial charge is 0.458 e. The van der Waals surface area contributed by atoms with Crippen LogP contribution in [-0.4, -0.2) is 23.7 Å². The van der Waals surface area contributed by atoms with Crippen molar-refractivity contribution < 1.29 is 19.1 Å². The van der Waals surface area contributed by atoms with Crippen molar-refractivity contribution in [2.75, 3.05) is 0 Å². The monoisotopic (exact) mass is 319 g/mol. The van der Waals surface area contributed by atoms with Crippen LogP contribution in [-0.2, 0) is 20.9 Å². The summed E-state index contributed by atoms with van der Waals surface area (Å²) in [5, 5.41) is 2.56. The summed E-state index contributed by atoms with van der Waals surface area (Å²) < 4.78 is 10.5. The molecule has 0 saturated heterocycles.